The number of benzene rings is 3. The molecular weight excluding hydrogens is 346 g/mol. The van der Waals surface area contributed by atoms with Crippen LogP contribution in [0.1, 0.15) is 36.2 Å². The molecule has 0 atom stereocenters. The zero-order chi connectivity index (χ0) is 19.8. The van der Waals surface area contributed by atoms with E-state index in [1.54, 1.807) is 0 Å². The van der Waals surface area contributed by atoms with E-state index in [2.05, 4.69) is 29.6 Å². The number of hydrogen-bond acceptors (Lipinski definition) is 2. The molecule has 1 N–H and O–H groups in total. The summed E-state index contributed by atoms with van der Waals surface area (Å²) in [6.07, 6.45) is 2.01. The van der Waals surface area contributed by atoms with E-state index in [1.165, 1.54) is 5.56 Å². The van der Waals surface area contributed by atoms with Crippen LogP contribution in [0.25, 0.3) is 11.1 Å². The predicted molar refractivity (Wildman–Crippen MR) is 115 cm³/mol. The third-order valence-corrected chi connectivity index (χ3v) is 4.48. The molecule has 0 saturated heterocycles. The van der Waals surface area contributed by atoms with E-state index in [0.29, 0.717) is 12.1 Å². The largest absolute Gasteiger partial charge is 0.491 e. The van der Waals surface area contributed by atoms with E-state index in [0.717, 1.165) is 29.7 Å². The fourth-order valence-corrected chi connectivity index (χ4v) is 3.05. The van der Waals surface area contributed by atoms with Gasteiger partial charge in [0.05, 0.1) is 6.10 Å². The van der Waals surface area contributed by atoms with Crippen LogP contribution >= 0.6 is 0 Å². The molecule has 3 heteroatoms. The minimum absolute atomic E-state index is 0.0275. The zero-order valence-electron chi connectivity index (χ0n) is 16.5. The number of ether oxygens (including phenoxy) is 1. The molecule has 144 valence electrons. The lowest BCUT2D eigenvalue weighted by atomic mass is 10.0. The number of rotatable bonds is 8. The van der Waals surface area contributed by atoms with Crippen molar-refractivity contribution in [1.29, 1.82) is 0 Å². The van der Waals surface area contributed by atoms with Gasteiger partial charge in [0.25, 0.3) is 5.91 Å². The van der Waals surface area contributed by atoms with Crippen molar-refractivity contribution < 1.29 is 9.53 Å². The molecule has 0 bridgehead atoms. The summed E-state index contributed by atoms with van der Waals surface area (Å²) < 4.78 is 5.65. The van der Waals surface area contributed by atoms with Crippen molar-refractivity contribution in [2.45, 2.75) is 32.8 Å². The molecule has 0 spiro atoms. The zero-order valence-corrected chi connectivity index (χ0v) is 16.5. The highest BCUT2D eigenvalue weighted by Gasteiger charge is 2.05. The molecule has 0 aromatic heterocycles. The quantitative estimate of drug-likeness (QED) is 0.529. The third kappa shape index (κ3) is 5.71. The highest BCUT2D eigenvalue weighted by atomic mass is 16.5. The van der Waals surface area contributed by atoms with Crippen molar-refractivity contribution in [2.24, 2.45) is 0 Å². The highest BCUT2D eigenvalue weighted by molar-refractivity contribution is 5.94. The number of carbonyl (C=O) groups is 1. The van der Waals surface area contributed by atoms with Crippen LogP contribution in [0.4, 0.5) is 0 Å². The van der Waals surface area contributed by atoms with Crippen LogP contribution in [0.5, 0.6) is 5.75 Å². The standard InChI is InChI=1S/C25H27NO2/c1-19(2)28-24-16-10-20(11-17-24)7-6-18-26-25(27)23-14-12-22(13-15-23)21-8-4-3-5-9-21/h3-5,8-17,19H,6-7,18H2,1-2H3,(H,26,27). The Morgan fingerprint density at radius 3 is 2.14 bits per heavy atom. The molecular formula is C25H27NO2. The molecule has 0 saturated carbocycles. The fourth-order valence-electron chi connectivity index (χ4n) is 3.05. The van der Waals surface area contributed by atoms with Gasteiger partial charge in [-0.2, -0.15) is 0 Å². The van der Waals surface area contributed by atoms with Crippen LogP contribution in [0.3, 0.4) is 0 Å². The Morgan fingerprint density at radius 1 is 0.857 bits per heavy atom. The van der Waals surface area contributed by atoms with E-state index in [1.807, 2.05) is 68.4 Å². The second-order valence-electron chi connectivity index (χ2n) is 7.11. The Balaban J connectivity index is 1.44. The van der Waals surface area contributed by atoms with Crippen LogP contribution < -0.4 is 10.1 Å². The van der Waals surface area contributed by atoms with E-state index < -0.39 is 0 Å². The first-order chi connectivity index (χ1) is 13.6. The molecule has 0 unspecified atom stereocenters. The monoisotopic (exact) mass is 373 g/mol. The Labute approximate surface area is 167 Å². The average Bonchev–Trinajstić information content (AvgIpc) is 2.72. The number of carbonyl (C=O) groups excluding carboxylic acids is 1. The first kappa shape index (κ1) is 19.7. The SMILES string of the molecule is CC(C)Oc1ccc(CCCNC(=O)c2ccc(-c3ccccc3)cc2)cc1. The van der Waals surface area contributed by atoms with E-state index in [9.17, 15) is 4.79 Å². The topological polar surface area (TPSA) is 38.3 Å². The van der Waals surface area contributed by atoms with E-state index >= 15 is 0 Å². The van der Waals surface area contributed by atoms with Crippen LogP contribution in [0, 0.1) is 0 Å². The summed E-state index contributed by atoms with van der Waals surface area (Å²) in [4.78, 5) is 12.3. The van der Waals surface area contributed by atoms with Crippen molar-refractivity contribution in [2.75, 3.05) is 6.54 Å². The molecule has 0 heterocycles. The molecule has 3 aromatic rings. The first-order valence-corrected chi connectivity index (χ1v) is 9.81. The number of aryl methyl sites for hydroxylation is 1. The summed E-state index contributed by atoms with van der Waals surface area (Å²) in [7, 11) is 0. The number of nitrogens with one attached hydrogen (secondary N) is 1. The molecule has 0 aliphatic rings. The summed E-state index contributed by atoms with van der Waals surface area (Å²) >= 11 is 0. The first-order valence-electron chi connectivity index (χ1n) is 9.81. The van der Waals surface area contributed by atoms with Crippen LogP contribution in [0.15, 0.2) is 78.9 Å². The number of amides is 1. The van der Waals surface area contributed by atoms with Crippen molar-refractivity contribution in [3.05, 3.63) is 90.0 Å². The van der Waals surface area contributed by atoms with Gasteiger partial charge in [-0.15, -0.1) is 0 Å². The molecule has 0 fully saturated rings. The van der Waals surface area contributed by atoms with Gasteiger partial charge in [0.2, 0.25) is 0 Å². The second kappa shape index (κ2) is 9.75. The summed E-state index contributed by atoms with van der Waals surface area (Å²) in [5.41, 5.74) is 4.20. The van der Waals surface area contributed by atoms with Crippen LogP contribution in [-0.4, -0.2) is 18.6 Å². The van der Waals surface area contributed by atoms with Gasteiger partial charge < -0.3 is 10.1 Å². The molecule has 0 aliphatic heterocycles. The van der Waals surface area contributed by atoms with Crippen molar-refractivity contribution in [1.82, 2.24) is 5.32 Å². The Bertz CT molecular complexity index is 869. The maximum Gasteiger partial charge on any atom is 0.251 e. The minimum atomic E-state index is -0.0275. The summed E-state index contributed by atoms with van der Waals surface area (Å²) in [5.74, 6) is 0.867. The smallest absolute Gasteiger partial charge is 0.251 e. The van der Waals surface area contributed by atoms with E-state index in [-0.39, 0.29) is 12.0 Å². The van der Waals surface area contributed by atoms with Crippen molar-refractivity contribution >= 4 is 5.91 Å². The minimum Gasteiger partial charge on any atom is -0.491 e. The maximum absolute atomic E-state index is 12.3. The normalized spacial score (nSPS) is 10.7. The lowest BCUT2D eigenvalue weighted by Gasteiger charge is -2.10. The van der Waals surface area contributed by atoms with Gasteiger partial charge in [0.15, 0.2) is 0 Å². The summed E-state index contributed by atoms with van der Waals surface area (Å²) in [5, 5.41) is 3.00. The van der Waals surface area contributed by atoms with Gasteiger partial charge >= 0.3 is 0 Å². The van der Waals surface area contributed by atoms with E-state index in [4.69, 9.17) is 4.74 Å². The molecule has 3 aromatic carbocycles. The van der Waals surface area contributed by atoms with Crippen molar-refractivity contribution in [3.8, 4) is 16.9 Å². The predicted octanol–water partition coefficient (Wildman–Crippen LogP) is 5.50. The van der Waals surface area contributed by atoms with Crippen LogP contribution in [0.2, 0.25) is 0 Å². The summed E-state index contributed by atoms with van der Waals surface area (Å²) in [6, 6.07) is 26.1. The number of hydrogen-bond donors (Lipinski definition) is 1. The molecule has 0 aliphatic carbocycles. The average molecular weight is 373 g/mol. The van der Waals surface area contributed by atoms with Gasteiger partial charge in [0, 0.05) is 12.1 Å². The van der Waals surface area contributed by atoms with Crippen molar-refractivity contribution in [3.63, 3.8) is 0 Å². The fraction of sp³-hybridized carbons (Fsp3) is 0.240. The lowest BCUT2D eigenvalue weighted by molar-refractivity contribution is 0.0953. The Hall–Kier alpha value is -3.07. The van der Waals surface area contributed by atoms with Gasteiger partial charge in [-0.1, -0.05) is 54.6 Å². The van der Waals surface area contributed by atoms with Crippen LogP contribution in [-0.2, 0) is 6.42 Å². The highest BCUT2D eigenvalue weighted by Crippen LogP contribution is 2.19. The van der Waals surface area contributed by atoms with Gasteiger partial charge in [0.1, 0.15) is 5.75 Å². The molecule has 1 amide bonds. The van der Waals surface area contributed by atoms with Gasteiger partial charge in [-0.3, -0.25) is 4.79 Å². The van der Waals surface area contributed by atoms with Gasteiger partial charge in [-0.25, -0.2) is 0 Å². The summed E-state index contributed by atoms with van der Waals surface area (Å²) in [6.45, 7) is 4.70. The Kier molecular flexibility index (Phi) is 6.85. The molecule has 3 nitrogen and oxygen atoms in total. The Morgan fingerprint density at radius 2 is 1.50 bits per heavy atom. The van der Waals surface area contributed by atoms with Gasteiger partial charge in [-0.05, 0) is 67.6 Å². The lowest BCUT2D eigenvalue weighted by Crippen LogP contribution is -2.24. The molecule has 3 rings (SSSR count). The third-order valence-electron chi connectivity index (χ3n) is 4.48. The molecule has 0 radical (unpaired) electrons. The maximum atomic E-state index is 12.3. The second-order valence-corrected chi connectivity index (χ2v) is 7.11. The molecule has 28 heavy (non-hydrogen) atoms.